The molecule has 0 aliphatic carbocycles. The van der Waals surface area contributed by atoms with Crippen LogP contribution in [0.5, 0.6) is 0 Å². The summed E-state index contributed by atoms with van der Waals surface area (Å²) in [6.07, 6.45) is 0. The summed E-state index contributed by atoms with van der Waals surface area (Å²) in [5, 5.41) is 10.2. The van der Waals surface area contributed by atoms with E-state index in [1.807, 2.05) is 42.5 Å². The number of hydrogen-bond acceptors (Lipinski definition) is 3. The average Bonchev–Trinajstić information content (AvgIpc) is 3.87. The van der Waals surface area contributed by atoms with Gasteiger partial charge in [-0.2, -0.15) is 0 Å². The van der Waals surface area contributed by atoms with Crippen LogP contribution >= 0.6 is 0 Å². The molecular weight excluding hydrogens is 601 g/mol. The highest BCUT2D eigenvalue weighted by molar-refractivity contribution is 6.31. The van der Waals surface area contributed by atoms with E-state index in [4.69, 9.17) is 13.3 Å². The van der Waals surface area contributed by atoms with Crippen molar-refractivity contribution in [1.29, 1.82) is 0 Å². The molecule has 228 valence electrons. The molecule has 8 aromatic carbocycles. The van der Waals surface area contributed by atoms with Gasteiger partial charge in [0.15, 0.2) is 0 Å². The summed E-state index contributed by atoms with van der Waals surface area (Å²) >= 11 is 0. The van der Waals surface area contributed by atoms with Crippen LogP contribution in [0.25, 0.3) is 110 Å². The lowest BCUT2D eigenvalue weighted by Gasteiger charge is -2.19. The molecule has 0 amide bonds. The van der Waals surface area contributed by atoms with Crippen molar-refractivity contribution in [3.63, 3.8) is 0 Å². The van der Waals surface area contributed by atoms with Gasteiger partial charge in [-0.3, -0.25) is 0 Å². The van der Waals surface area contributed by atoms with E-state index in [1.165, 1.54) is 32.7 Å². The van der Waals surface area contributed by atoms with Crippen LogP contribution in [0.1, 0.15) is 0 Å². The lowest BCUT2D eigenvalue weighted by atomic mass is 9.83. The molecule has 0 unspecified atom stereocenters. The van der Waals surface area contributed by atoms with Crippen LogP contribution in [-0.4, -0.2) is 0 Å². The number of rotatable bonds is 3. The lowest BCUT2D eigenvalue weighted by molar-refractivity contribution is 0.628. The van der Waals surface area contributed by atoms with Crippen molar-refractivity contribution in [2.24, 2.45) is 0 Å². The number of para-hydroxylation sites is 2. The first kappa shape index (κ1) is 26.5. The molecule has 0 saturated carbocycles. The zero-order valence-electron chi connectivity index (χ0n) is 26.2. The van der Waals surface area contributed by atoms with Crippen molar-refractivity contribution in [3.8, 4) is 33.6 Å². The van der Waals surface area contributed by atoms with Crippen LogP contribution in [0, 0.1) is 0 Å². The summed E-state index contributed by atoms with van der Waals surface area (Å²) in [5.41, 5.74) is 9.94. The summed E-state index contributed by atoms with van der Waals surface area (Å²) in [6, 6.07) is 55.3. The first-order valence-electron chi connectivity index (χ1n) is 16.6. The third-order valence-electron chi connectivity index (χ3n) is 10.1. The highest BCUT2D eigenvalue weighted by Gasteiger charge is 2.25. The van der Waals surface area contributed by atoms with Gasteiger partial charge in [-0.05, 0) is 62.5 Å². The van der Waals surface area contributed by atoms with E-state index in [2.05, 4.69) is 115 Å². The lowest BCUT2D eigenvalue weighted by Crippen LogP contribution is -1.92. The topological polar surface area (TPSA) is 39.4 Å². The molecular formula is C46H26O3. The molecule has 3 nitrogen and oxygen atoms in total. The fraction of sp³-hybridized carbons (Fsp3) is 0. The summed E-state index contributed by atoms with van der Waals surface area (Å²) in [6.45, 7) is 0. The molecule has 0 saturated heterocycles. The normalized spacial score (nSPS) is 12.1. The molecule has 0 radical (unpaired) electrons. The highest BCUT2D eigenvalue weighted by atomic mass is 16.3. The quantitative estimate of drug-likeness (QED) is 0.183. The Hall–Kier alpha value is -6.58. The second-order valence-corrected chi connectivity index (χ2v) is 12.7. The zero-order chi connectivity index (χ0) is 32.1. The third kappa shape index (κ3) is 3.73. The molecule has 3 heterocycles. The maximum absolute atomic E-state index is 6.65. The number of hydrogen-bond donors (Lipinski definition) is 0. The maximum Gasteiger partial charge on any atom is 0.139 e. The molecule has 0 aliphatic rings. The minimum absolute atomic E-state index is 0.798. The minimum atomic E-state index is 0.798. The Labute approximate surface area is 280 Å². The Bertz CT molecular complexity index is 3040. The summed E-state index contributed by atoms with van der Waals surface area (Å²) in [4.78, 5) is 0. The number of fused-ring (bicyclic) bond motifs is 9. The molecule has 49 heavy (non-hydrogen) atoms. The molecule has 11 rings (SSSR count). The third-order valence-corrected chi connectivity index (χ3v) is 10.1. The van der Waals surface area contributed by atoms with E-state index in [0.29, 0.717) is 0 Å². The second kappa shape index (κ2) is 9.96. The van der Waals surface area contributed by atoms with Crippen molar-refractivity contribution < 1.29 is 13.3 Å². The molecule has 0 bridgehead atoms. The van der Waals surface area contributed by atoms with Crippen LogP contribution < -0.4 is 0 Å². The molecule has 3 heteroatoms. The Morgan fingerprint density at radius 2 is 0.816 bits per heavy atom. The van der Waals surface area contributed by atoms with Gasteiger partial charge in [0.2, 0.25) is 0 Å². The second-order valence-electron chi connectivity index (χ2n) is 12.7. The average molecular weight is 627 g/mol. The van der Waals surface area contributed by atoms with Gasteiger partial charge in [0, 0.05) is 44.1 Å². The van der Waals surface area contributed by atoms with E-state index in [9.17, 15) is 0 Å². The van der Waals surface area contributed by atoms with Gasteiger partial charge in [-0.15, -0.1) is 0 Å². The molecule has 0 N–H and O–H groups in total. The molecule has 0 aliphatic heterocycles. The van der Waals surface area contributed by atoms with E-state index in [-0.39, 0.29) is 0 Å². The zero-order valence-corrected chi connectivity index (χ0v) is 26.2. The fourth-order valence-corrected chi connectivity index (χ4v) is 8.06. The van der Waals surface area contributed by atoms with Gasteiger partial charge in [-0.25, -0.2) is 0 Å². The predicted molar refractivity (Wildman–Crippen MR) is 202 cm³/mol. The largest absolute Gasteiger partial charge is 0.456 e. The van der Waals surface area contributed by atoms with Crippen LogP contribution in [0.4, 0.5) is 0 Å². The van der Waals surface area contributed by atoms with Gasteiger partial charge in [0.1, 0.15) is 33.7 Å². The Morgan fingerprint density at radius 3 is 1.49 bits per heavy atom. The molecule has 0 spiro atoms. The Kier molecular flexibility index (Phi) is 5.38. The van der Waals surface area contributed by atoms with E-state index < -0.39 is 0 Å². The SMILES string of the molecule is c1ccc(-c2cc3c(-c4c5ccccc5c(-c5cccc6oc7ccccc7c56)c5ccccc45)c4c(cc3o2)oc2ccccc24)cc1. The van der Waals surface area contributed by atoms with Gasteiger partial charge >= 0.3 is 0 Å². The Morgan fingerprint density at radius 1 is 0.286 bits per heavy atom. The molecule has 0 atom stereocenters. The van der Waals surface area contributed by atoms with Gasteiger partial charge in [-0.1, -0.05) is 127 Å². The predicted octanol–water partition coefficient (Wildman–Crippen LogP) is 13.5. The van der Waals surface area contributed by atoms with Crippen LogP contribution in [0.3, 0.4) is 0 Å². The highest BCUT2D eigenvalue weighted by Crippen LogP contribution is 2.51. The van der Waals surface area contributed by atoms with Crippen LogP contribution in [0.2, 0.25) is 0 Å². The van der Waals surface area contributed by atoms with Gasteiger partial charge < -0.3 is 13.3 Å². The van der Waals surface area contributed by atoms with Gasteiger partial charge in [0.25, 0.3) is 0 Å². The van der Waals surface area contributed by atoms with Crippen molar-refractivity contribution in [3.05, 3.63) is 158 Å². The monoisotopic (exact) mass is 626 g/mol. The van der Waals surface area contributed by atoms with Crippen molar-refractivity contribution in [1.82, 2.24) is 0 Å². The van der Waals surface area contributed by atoms with Crippen molar-refractivity contribution in [2.45, 2.75) is 0 Å². The van der Waals surface area contributed by atoms with E-state index in [1.54, 1.807) is 0 Å². The molecule has 0 fully saturated rings. The molecule has 3 aromatic heterocycles. The first-order valence-corrected chi connectivity index (χ1v) is 16.6. The fourth-order valence-electron chi connectivity index (χ4n) is 8.06. The maximum atomic E-state index is 6.65. The summed E-state index contributed by atoms with van der Waals surface area (Å²) < 4.78 is 19.6. The first-order chi connectivity index (χ1) is 24.3. The van der Waals surface area contributed by atoms with E-state index >= 15 is 0 Å². The smallest absolute Gasteiger partial charge is 0.139 e. The molecule has 11 aromatic rings. The summed E-state index contributed by atoms with van der Waals surface area (Å²) in [5.74, 6) is 0.831. The van der Waals surface area contributed by atoms with Crippen LogP contribution in [0.15, 0.2) is 171 Å². The van der Waals surface area contributed by atoms with Crippen molar-refractivity contribution in [2.75, 3.05) is 0 Å². The number of furan rings is 3. The minimum Gasteiger partial charge on any atom is -0.456 e. The standard InChI is InChI=1S/C46H26O3/c1-2-13-27(14-3-1)39-25-35-40(49-39)26-41-45(33-20-9-11-23-37(33)48-41)46(35)44-30-17-6-4-15-28(30)42(29-16-5-7-18-31(29)44)34-21-12-24-38-43(34)32-19-8-10-22-36(32)47-38/h1-26H. The summed E-state index contributed by atoms with van der Waals surface area (Å²) in [7, 11) is 0. The number of benzene rings is 8. The van der Waals surface area contributed by atoms with E-state index in [0.717, 1.165) is 77.3 Å². The van der Waals surface area contributed by atoms with Gasteiger partial charge in [0.05, 0.1) is 0 Å². The Balaban J connectivity index is 1.34. The van der Waals surface area contributed by atoms with Crippen molar-refractivity contribution >= 4 is 76.4 Å². The van der Waals surface area contributed by atoms with Crippen LogP contribution in [-0.2, 0) is 0 Å².